The van der Waals surface area contributed by atoms with Crippen molar-refractivity contribution in [1.29, 1.82) is 0 Å². The summed E-state index contributed by atoms with van der Waals surface area (Å²) in [6.07, 6.45) is 5.42. The Morgan fingerprint density at radius 2 is 2.27 bits per heavy atom. The molecule has 1 amide bonds. The summed E-state index contributed by atoms with van der Waals surface area (Å²) in [5.41, 5.74) is 4.69. The normalized spacial score (nSPS) is 14.9. The molecule has 0 radical (unpaired) electrons. The summed E-state index contributed by atoms with van der Waals surface area (Å²) in [6.45, 7) is 1.38. The maximum Gasteiger partial charge on any atom is 0.256 e. The Hall–Kier alpha value is -2.63. The summed E-state index contributed by atoms with van der Waals surface area (Å²) >= 11 is 0. The lowest BCUT2D eigenvalue weighted by Crippen LogP contribution is -2.30. The zero-order valence-electron chi connectivity index (χ0n) is 12.4. The van der Waals surface area contributed by atoms with Gasteiger partial charge in [0.25, 0.3) is 5.91 Å². The number of nitrogens with one attached hydrogen (secondary N) is 1. The minimum Gasteiger partial charge on any atom is -0.344 e. The van der Waals surface area contributed by atoms with E-state index in [0.717, 1.165) is 36.0 Å². The van der Waals surface area contributed by atoms with E-state index in [2.05, 4.69) is 15.1 Å². The Kier molecular flexibility index (Phi) is 2.96. The molecule has 4 rings (SSSR count). The van der Waals surface area contributed by atoms with Gasteiger partial charge >= 0.3 is 0 Å². The van der Waals surface area contributed by atoms with Crippen LogP contribution in [0.2, 0.25) is 0 Å². The lowest BCUT2D eigenvalue weighted by atomic mass is 10.1. The monoisotopic (exact) mass is 295 g/mol. The molecule has 3 heterocycles. The highest BCUT2D eigenvalue weighted by Gasteiger charge is 2.23. The zero-order chi connectivity index (χ0) is 15.1. The number of aryl methyl sites for hydroxylation is 1. The Labute approximate surface area is 127 Å². The smallest absolute Gasteiger partial charge is 0.256 e. The van der Waals surface area contributed by atoms with Crippen LogP contribution < -0.4 is 0 Å². The van der Waals surface area contributed by atoms with Crippen molar-refractivity contribution in [2.45, 2.75) is 19.4 Å². The fourth-order valence-corrected chi connectivity index (χ4v) is 3.17. The zero-order valence-corrected chi connectivity index (χ0v) is 12.4. The molecule has 22 heavy (non-hydrogen) atoms. The topological polar surface area (TPSA) is 66.8 Å². The lowest BCUT2D eigenvalue weighted by Gasteiger charge is -2.20. The number of hydrogen-bond acceptors (Lipinski definition) is 3. The van der Waals surface area contributed by atoms with Crippen LogP contribution in [0.5, 0.6) is 0 Å². The van der Waals surface area contributed by atoms with Gasteiger partial charge in [0.15, 0.2) is 0 Å². The van der Waals surface area contributed by atoms with E-state index in [-0.39, 0.29) is 5.91 Å². The van der Waals surface area contributed by atoms with Crippen molar-refractivity contribution in [2.75, 3.05) is 6.54 Å². The molecule has 1 N–H and O–H groups in total. The summed E-state index contributed by atoms with van der Waals surface area (Å²) < 4.78 is 1.92. The molecule has 112 valence electrons. The fraction of sp³-hybridized carbons (Fsp3) is 0.312. The van der Waals surface area contributed by atoms with Crippen LogP contribution in [0, 0.1) is 0 Å². The van der Waals surface area contributed by atoms with Crippen molar-refractivity contribution >= 4 is 16.9 Å². The third-order valence-electron chi connectivity index (χ3n) is 4.32. The fourth-order valence-electron chi connectivity index (χ4n) is 3.17. The minimum absolute atomic E-state index is 0.0477. The average Bonchev–Trinajstić information content (AvgIpc) is 3.07. The number of hydrogen-bond donors (Lipinski definition) is 1. The van der Waals surface area contributed by atoms with Gasteiger partial charge in [0.1, 0.15) is 0 Å². The number of aromatic amines is 1. The Morgan fingerprint density at radius 3 is 3.18 bits per heavy atom. The first-order valence-electron chi connectivity index (χ1n) is 7.45. The van der Waals surface area contributed by atoms with Gasteiger partial charge in [0, 0.05) is 31.4 Å². The highest BCUT2D eigenvalue weighted by molar-refractivity contribution is 6.04. The van der Waals surface area contributed by atoms with E-state index in [1.54, 1.807) is 6.33 Å². The Balaban J connectivity index is 1.69. The molecular weight excluding hydrogens is 278 g/mol. The molecule has 0 atom stereocenters. The number of nitrogens with zero attached hydrogens (tertiary/aromatic N) is 4. The summed E-state index contributed by atoms with van der Waals surface area (Å²) in [5.74, 6) is 0.0477. The van der Waals surface area contributed by atoms with Gasteiger partial charge in [0.2, 0.25) is 0 Å². The van der Waals surface area contributed by atoms with Gasteiger partial charge in [-0.1, -0.05) is 6.07 Å². The molecule has 0 saturated heterocycles. The van der Waals surface area contributed by atoms with Gasteiger partial charge in [-0.3, -0.25) is 9.48 Å². The van der Waals surface area contributed by atoms with Crippen molar-refractivity contribution in [3.63, 3.8) is 0 Å². The van der Waals surface area contributed by atoms with E-state index < -0.39 is 0 Å². The van der Waals surface area contributed by atoms with E-state index >= 15 is 0 Å². The first-order valence-corrected chi connectivity index (χ1v) is 7.45. The van der Waals surface area contributed by atoms with Gasteiger partial charge in [-0.05, 0) is 25.0 Å². The van der Waals surface area contributed by atoms with Crippen LogP contribution in [0.4, 0.5) is 0 Å². The summed E-state index contributed by atoms with van der Waals surface area (Å²) in [4.78, 5) is 22.1. The second-order valence-electron chi connectivity index (χ2n) is 5.67. The number of rotatable bonds is 1. The number of para-hydroxylation sites is 1. The number of fused-ring (bicyclic) bond motifs is 2. The highest BCUT2D eigenvalue weighted by atomic mass is 16.2. The maximum atomic E-state index is 12.9. The first-order chi connectivity index (χ1) is 10.7. The van der Waals surface area contributed by atoms with Gasteiger partial charge in [0.05, 0.1) is 29.1 Å². The lowest BCUT2D eigenvalue weighted by molar-refractivity contribution is 0.0747. The summed E-state index contributed by atoms with van der Waals surface area (Å²) in [5, 5.41) is 4.31. The largest absolute Gasteiger partial charge is 0.344 e. The van der Waals surface area contributed by atoms with Crippen LogP contribution in [0.1, 0.15) is 28.0 Å². The molecule has 0 fully saturated rings. The van der Waals surface area contributed by atoms with Crippen LogP contribution >= 0.6 is 0 Å². The third-order valence-corrected chi connectivity index (χ3v) is 4.32. The predicted molar refractivity (Wildman–Crippen MR) is 82.4 cm³/mol. The van der Waals surface area contributed by atoms with E-state index in [1.165, 1.54) is 5.69 Å². The Bertz CT molecular complexity index is 847. The van der Waals surface area contributed by atoms with E-state index in [0.29, 0.717) is 12.1 Å². The van der Waals surface area contributed by atoms with Gasteiger partial charge in [-0.25, -0.2) is 4.98 Å². The standard InChI is InChI=1S/C16H17N5O/c1-20-14-6-3-7-21(9-11(14)8-19-20)16(22)12-4-2-5-13-15(12)18-10-17-13/h2,4-5,8,10H,3,6-7,9H2,1H3,(H,17,18). The molecule has 0 bridgehead atoms. The number of carbonyl (C=O) groups is 1. The summed E-state index contributed by atoms with van der Waals surface area (Å²) in [6, 6.07) is 5.64. The SMILES string of the molecule is Cn1ncc2c1CCCN(C(=O)c1cccc3nc[nH]c13)C2. The van der Waals surface area contributed by atoms with Crippen LogP contribution in [-0.4, -0.2) is 37.1 Å². The van der Waals surface area contributed by atoms with Gasteiger partial charge in [-0.15, -0.1) is 0 Å². The van der Waals surface area contributed by atoms with Crippen LogP contribution in [0.25, 0.3) is 11.0 Å². The number of H-pyrrole nitrogens is 1. The predicted octanol–water partition coefficient (Wildman–Crippen LogP) is 1.89. The maximum absolute atomic E-state index is 12.9. The highest BCUT2D eigenvalue weighted by Crippen LogP contribution is 2.22. The third kappa shape index (κ3) is 1.99. The van der Waals surface area contributed by atoms with Gasteiger partial charge < -0.3 is 9.88 Å². The number of benzene rings is 1. The molecule has 6 nitrogen and oxygen atoms in total. The van der Waals surface area contributed by atoms with Crippen molar-refractivity contribution in [3.05, 3.63) is 47.5 Å². The molecular formula is C16H17N5O. The molecule has 1 aliphatic heterocycles. The van der Waals surface area contributed by atoms with Crippen molar-refractivity contribution in [1.82, 2.24) is 24.6 Å². The first kappa shape index (κ1) is 13.1. The minimum atomic E-state index is 0.0477. The molecule has 0 unspecified atom stereocenters. The van der Waals surface area contributed by atoms with Crippen LogP contribution in [0.3, 0.4) is 0 Å². The number of carbonyl (C=O) groups excluding carboxylic acids is 1. The molecule has 0 saturated carbocycles. The Morgan fingerprint density at radius 1 is 1.36 bits per heavy atom. The van der Waals surface area contributed by atoms with E-state index in [1.807, 2.05) is 41.0 Å². The number of aromatic nitrogens is 4. The number of imidazole rings is 1. The molecule has 3 aromatic rings. The molecule has 2 aromatic heterocycles. The second kappa shape index (κ2) is 4.98. The van der Waals surface area contributed by atoms with Crippen molar-refractivity contribution < 1.29 is 4.79 Å². The van der Waals surface area contributed by atoms with Gasteiger partial charge in [-0.2, -0.15) is 5.10 Å². The van der Waals surface area contributed by atoms with E-state index in [4.69, 9.17) is 0 Å². The van der Waals surface area contributed by atoms with Crippen molar-refractivity contribution in [2.24, 2.45) is 7.05 Å². The van der Waals surface area contributed by atoms with Crippen LogP contribution in [0.15, 0.2) is 30.7 Å². The quantitative estimate of drug-likeness (QED) is 0.745. The average molecular weight is 295 g/mol. The van der Waals surface area contributed by atoms with Crippen LogP contribution in [-0.2, 0) is 20.0 Å². The second-order valence-corrected chi connectivity index (χ2v) is 5.67. The number of amides is 1. The molecule has 1 aromatic carbocycles. The molecule has 0 spiro atoms. The molecule has 0 aliphatic carbocycles. The van der Waals surface area contributed by atoms with Crippen molar-refractivity contribution in [3.8, 4) is 0 Å². The summed E-state index contributed by atoms with van der Waals surface area (Å²) in [7, 11) is 1.96. The molecule has 6 heteroatoms. The molecule has 1 aliphatic rings. The van der Waals surface area contributed by atoms with E-state index in [9.17, 15) is 4.79 Å².